The minimum Gasteiger partial charge on any atom is -0.504 e. The molecule has 4 aromatic rings. The summed E-state index contributed by atoms with van der Waals surface area (Å²) in [5.41, 5.74) is 6.08. The first-order valence-electron chi connectivity index (χ1n) is 17.6. The van der Waals surface area contributed by atoms with Crippen molar-refractivity contribution in [3.63, 3.8) is 0 Å². The van der Waals surface area contributed by atoms with E-state index in [0.29, 0.717) is 46.0 Å². The minimum atomic E-state index is -0.487. The van der Waals surface area contributed by atoms with E-state index < -0.39 is 6.29 Å². The number of allylic oxidation sites excluding steroid dienone is 1. The zero-order valence-electron chi connectivity index (χ0n) is 27.7. The van der Waals surface area contributed by atoms with E-state index in [4.69, 9.17) is 23.7 Å². The van der Waals surface area contributed by atoms with Gasteiger partial charge in [-0.2, -0.15) is 0 Å². The second-order valence-electron chi connectivity index (χ2n) is 14.9. The van der Waals surface area contributed by atoms with Crippen LogP contribution in [0, 0.1) is 17.3 Å². The molecule has 6 aliphatic heterocycles. The number of benzene rings is 4. The fraction of sp³-hybridized carbons (Fsp3) is 0.381. The summed E-state index contributed by atoms with van der Waals surface area (Å²) >= 11 is 0. The van der Waals surface area contributed by atoms with Crippen LogP contribution in [0.25, 0.3) is 0 Å². The predicted octanol–water partition coefficient (Wildman–Crippen LogP) is 9.85. The average Bonchev–Trinajstić information content (AvgIpc) is 3.43. The third-order valence-corrected chi connectivity index (χ3v) is 11.4. The van der Waals surface area contributed by atoms with Crippen LogP contribution in [-0.2, 0) is 30.4 Å². The maximum atomic E-state index is 10.5. The van der Waals surface area contributed by atoms with Crippen molar-refractivity contribution in [3.05, 3.63) is 112 Å². The standard InChI is InChI=1S/C42H42O6/c1-42(2)20-4-6-29-23-32-36(24-33(29)42)46-41-39(32)47-40-35-19-15-28(38(40)48-41)14-10-25-11-16-30(17-12-25)44-37-22-27(13-18-34(37)43)9-8-26-5-3-7-31(21-26)45-35/h3,5,7,11-13,15-19,21-22,29,33,39,41,43H,4,6,8-10,14,20,23-24H2,1-2H3/t29-,33-,39+,41+/m1/s1. The number of hydrogen-bond donors (Lipinski definition) is 1. The lowest BCUT2D eigenvalue weighted by Crippen LogP contribution is -2.41. The van der Waals surface area contributed by atoms with Crippen LogP contribution in [0.2, 0.25) is 0 Å². The van der Waals surface area contributed by atoms with Crippen LogP contribution in [0.5, 0.6) is 40.2 Å². The molecule has 48 heavy (non-hydrogen) atoms. The first kappa shape index (κ1) is 29.6. The Morgan fingerprint density at radius 1 is 0.688 bits per heavy atom. The number of fused-ring (bicyclic) bond motifs is 3. The molecule has 1 fully saturated rings. The van der Waals surface area contributed by atoms with Crippen LogP contribution >= 0.6 is 0 Å². The average molecular weight is 643 g/mol. The Kier molecular flexibility index (Phi) is 7.10. The Bertz CT molecular complexity index is 1910. The molecule has 0 radical (unpaired) electrons. The number of phenolic OH excluding ortho intramolecular Hbond substituents is 1. The topological polar surface area (TPSA) is 66.4 Å². The number of aryl methyl sites for hydroxylation is 4. The van der Waals surface area contributed by atoms with Gasteiger partial charge in [0.05, 0.1) is 0 Å². The van der Waals surface area contributed by atoms with E-state index in [1.165, 1.54) is 30.4 Å². The Morgan fingerprint density at radius 2 is 1.48 bits per heavy atom. The lowest BCUT2D eigenvalue weighted by molar-refractivity contribution is -0.0975. The van der Waals surface area contributed by atoms with E-state index in [0.717, 1.165) is 66.7 Å². The van der Waals surface area contributed by atoms with Crippen molar-refractivity contribution in [2.24, 2.45) is 17.3 Å². The van der Waals surface area contributed by atoms with Gasteiger partial charge in [-0.3, -0.25) is 0 Å². The zero-order valence-corrected chi connectivity index (χ0v) is 27.7. The summed E-state index contributed by atoms with van der Waals surface area (Å²) in [6.07, 6.45) is 8.23. The molecule has 0 saturated heterocycles. The molecule has 8 aliphatic rings. The number of rotatable bonds is 0. The summed E-state index contributed by atoms with van der Waals surface area (Å²) in [6, 6.07) is 26.0. The van der Waals surface area contributed by atoms with Crippen molar-refractivity contribution < 1.29 is 28.8 Å². The van der Waals surface area contributed by atoms with E-state index in [1.807, 2.05) is 42.5 Å². The second-order valence-corrected chi connectivity index (χ2v) is 14.9. The fourth-order valence-electron chi connectivity index (χ4n) is 8.69. The van der Waals surface area contributed by atoms with E-state index in [2.05, 4.69) is 44.2 Å². The Balaban J connectivity index is 1.07. The van der Waals surface area contributed by atoms with Crippen LogP contribution in [-0.4, -0.2) is 17.5 Å². The van der Waals surface area contributed by atoms with Crippen molar-refractivity contribution in [3.8, 4) is 40.2 Å². The van der Waals surface area contributed by atoms with Gasteiger partial charge in [0.25, 0.3) is 6.29 Å². The molecule has 12 rings (SSSR count). The van der Waals surface area contributed by atoms with Crippen molar-refractivity contribution >= 4 is 0 Å². The summed E-state index contributed by atoms with van der Waals surface area (Å²) < 4.78 is 33.1. The highest BCUT2D eigenvalue weighted by molar-refractivity contribution is 5.59. The summed E-state index contributed by atoms with van der Waals surface area (Å²) in [4.78, 5) is 0. The van der Waals surface area contributed by atoms with Gasteiger partial charge in [0, 0.05) is 12.0 Å². The van der Waals surface area contributed by atoms with Crippen LogP contribution in [0.4, 0.5) is 0 Å². The molecular formula is C42H42O6. The van der Waals surface area contributed by atoms with Crippen molar-refractivity contribution in [2.75, 3.05) is 0 Å². The molecule has 0 aromatic heterocycles. The smallest absolute Gasteiger partial charge is 0.281 e. The SMILES string of the molecule is CC1(C)CCC[C@@H]2CC3=C(C[C@H]21)O[C@H]1Oc2c4ccc(c2O[C@@H]31)Oc1cccc(c1)CCc1ccc(O)c(c1)Oc1ccc(cc1)CC4. The molecule has 0 spiro atoms. The van der Waals surface area contributed by atoms with Crippen LogP contribution in [0.15, 0.2) is 90.2 Å². The van der Waals surface area contributed by atoms with Gasteiger partial charge in [-0.25, -0.2) is 0 Å². The molecule has 4 atom stereocenters. The second kappa shape index (κ2) is 11.5. The molecule has 6 heteroatoms. The van der Waals surface area contributed by atoms with Gasteiger partial charge in [0.1, 0.15) is 17.3 Å². The first-order chi connectivity index (χ1) is 23.4. The molecule has 6 heterocycles. The monoisotopic (exact) mass is 642 g/mol. The summed E-state index contributed by atoms with van der Waals surface area (Å²) in [7, 11) is 0. The number of phenols is 1. The molecular weight excluding hydrogens is 600 g/mol. The summed E-state index contributed by atoms with van der Waals surface area (Å²) in [6.45, 7) is 4.86. The van der Waals surface area contributed by atoms with Gasteiger partial charge in [0.15, 0.2) is 29.1 Å². The molecule has 1 saturated carbocycles. The predicted molar refractivity (Wildman–Crippen MR) is 183 cm³/mol. The van der Waals surface area contributed by atoms with Gasteiger partial charge in [-0.15, -0.1) is 0 Å². The van der Waals surface area contributed by atoms with Crippen LogP contribution < -0.4 is 18.9 Å². The van der Waals surface area contributed by atoms with Crippen LogP contribution in [0.1, 0.15) is 68.2 Å². The molecule has 4 aromatic carbocycles. The highest BCUT2D eigenvalue weighted by atomic mass is 16.7. The Labute approximate surface area is 282 Å². The van der Waals surface area contributed by atoms with Crippen molar-refractivity contribution in [1.82, 2.24) is 0 Å². The lowest BCUT2D eigenvalue weighted by Gasteiger charge is -2.46. The quantitative estimate of drug-likeness (QED) is 0.206. The molecule has 0 amide bonds. The number of ether oxygens (including phenoxy) is 5. The highest BCUT2D eigenvalue weighted by Crippen LogP contribution is 2.57. The van der Waals surface area contributed by atoms with Crippen molar-refractivity contribution in [2.45, 2.75) is 84.0 Å². The molecule has 246 valence electrons. The van der Waals surface area contributed by atoms with Gasteiger partial charge in [-0.1, -0.05) is 56.7 Å². The summed E-state index contributed by atoms with van der Waals surface area (Å²) in [5.74, 6) is 6.44. The van der Waals surface area contributed by atoms with E-state index in [9.17, 15) is 5.11 Å². The molecule has 0 unspecified atom stereocenters. The van der Waals surface area contributed by atoms with Crippen molar-refractivity contribution in [1.29, 1.82) is 0 Å². The zero-order chi connectivity index (χ0) is 32.4. The largest absolute Gasteiger partial charge is 0.504 e. The number of aromatic hydroxyl groups is 1. The fourth-order valence-corrected chi connectivity index (χ4v) is 8.69. The maximum Gasteiger partial charge on any atom is 0.281 e. The molecule has 8 bridgehead atoms. The summed E-state index contributed by atoms with van der Waals surface area (Å²) in [5, 5.41) is 10.5. The maximum absolute atomic E-state index is 10.5. The molecule has 2 aliphatic carbocycles. The van der Waals surface area contributed by atoms with Crippen LogP contribution in [0.3, 0.4) is 0 Å². The number of hydrogen-bond acceptors (Lipinski definition) is 6. The highest BCUT2D eigenvalue weighted by Gasteiger charge is 2.51. The minimum absolute atomic E-state index is 0.127. The van der Waals surface area contributed by atoms with Gasteiger partial charge < -0.3 is 28.8 Å². The molecule has 1 N–H and O–H groups in total. The third kappa shape index (κ3) is 5.35. The molecule has 6 nitrogen and oxygen atoms in total. The third-order valence-electron chi connectivity index (χ3n) is 11.4. The van der Waals surface area contributed by atoms with E-state index >= 15 is 0 Å². The Morgan fingerprint density at radius 3 is 2.35 bits per heavy atom. The van der Waals surface area contributed by atoms with Gasteiger partial charge in [0.2, 0.25) is 5.75 Å². The Hall–Kier alpha value is -4.58. The lowest BCUT2D eigenvalue weighted by atomic mass is 9.59. The normalized spacial score (nSPS) is 25.1. The first-order valence-corrected chi connectivity index (χ1v) is 17.6. The van der Waals surface area contributed by atoms with Gasteiger partial charge >= 0.3 is 0 Å². The van der Waals surface area contributed by atoms with E-state index in [1.54, 1.807) is 6.07 Å². The van der Waals surface area contributed by atoms with Gasteiger partial charge in [-0.05, 0) is 127 Å². The van der Waals surface area contributed by atoms with E-state index in [-0.39, 0.29) is 11.9 Å².